The van der Waals surface area contributed by atoms with Crippen LogP contribution in [0.1, 0.15) is 17.0 Å². The van der Waals surface area contributed by atoms with Crippen LogP contribution in [0.3, 0.4) is 0 Å². The smallest absolute Gasteiger partial charge is 0.264 e. The third-order valence-electron chi connectivity index (χ3n) is 3.25. The lowest BCUT2D eigenvalue weighted by Gasteiger charge is -2.19. The van der Waals surface area contributed by atoms with Crippen molar-refractivity contribution in [2.45, 2.75) is 12.3 Å². The van der Waals surface area contributed by atoms with E-state index < -0.39 is 10.1 Å². The number of hydrogen-bond acceptors (Lipinski definition) is 3. The molecule has 0 aliphatic carbocycles. The van der Waals surface area contributed by atoms with Crippen LogP contribution in [-0.2, 0) is 20.7 Å². The van der Waals surface area contributed by atoms with E-state index in [0.717, 1.165) is 17.4 Å². The van der Waals surface area contributed by atoms with E-state index in [9.17, 15) is 8.42 Å². The first kappa shape index (κ1) is 17.3. The van der Waals surface area contributed by atoms with Crippen molar-refractivity contribution in [3.05, 3.63) is 69.7 Å². The lowest BCUT2D eigenvalue weighted by atomic mass is 9.92. The Labute approximate surface area is 141 Å². The van der Waals surface area contributed by atoms with Crippen molar-refractivity contribution in [3.8, 4) is 0 Å². The maximum atomic E-state index is 11.3. The van der Waals surface area contributed by atoms with Crippen LogP contribution >= 0.6 is 23.2 Å². The highest BCUT2D eigenvalue weighted by atomic mass is 35.5. The second-order valence-corrected chi connectivity index (χ2v) is 7.46. The third kappa shape index (κ3) is 4.99. The fraction of sp³-hybridized carbons (Fsp3) is 0.250. The molecule has 0 heterocycles. The van der Waals surface area contributed by atoms with Gasteiger partial charge in [0.1, 0.15) is 0 Å². The molecule has 0 aliphatic heterocycles. The molecule has 0 aliphatic rings. The summed E-state index contributed by atoms with van der Waals surface area (Å²) in [5.74, 6) is -0.205. The molecule has 118 valence electrons. The molecular weight excluding hydrogens is 343 g/mol. The van der Waals surface area contributed by atoms with E-state index in [2.05, 4.69) is 0 Å². The molecule has 0 saturated carbocycles. The summed E-state index contributed by atoms with van der Waals surface area (Å²) >= 11 is 12.4. The quantitative estimate of drug-likeness (QED) is 0.723. The molecule has 1 atom stereocenters. The van der Waals surface area contributed by atoms with Crippen molar-refractivity contribution in [1.29, 1.82) is 0 Å². The summed E-state index contributed by atoms with van der Waals surface area (Å²) in [4.78, 5) is 0. The normalized spacial score (nSPS) is 13.0. The van der Waals surface area contributed by atoms with Gasteiger partial charge in [0, 0.05) is 16.0 Å². The van der Waals surface area contributed by atoms with Crippen LogP contribution in [0.25, 0.3) is 0 Å². The van der Waals surface area contributed by atoms with Crippen molar-refractivity contribution in [1.82, 2.24) is 0 Å². The maximum absolute atomic E-state index is 11.3. The highest BCUT2D eigenvalue weighted by molar-refractivity contribution is 7.85. The van der Waals surface area contributed by atoms with E-state index in [1.807, 2.05) is 36.4 Å². The molecule has 0 fully saturated rings. The highest BCUT2D eigenvalue weighted by Gasteiger charge is 2.19. The average Bonchev–Trinajstić information content (AvgIpc) is 2.45. The van der Waals surface area contributed by atoms with Crippen molar-refractivity contribution < 1.29 is 12.6 Å². The summed E-state index contributed by atoms with van der Waals surface area (Å²) in [6.07, 6.45) is 1.57. The Morgan fingerprint density at radius 1 is 1.00 bits per heavy atom. The van der Waals surface area contributed by atoms with Gasteiger partial charge in [-0.25, -0.2) is 0 Å². The minimum atomic E-state index is -3.52. The predicted molar refractivity (Wildman–Crippen MR) is 90.1 cm³/mol. The van der Waals surface area contributed by atoms with Gasteiger partial charge in [-0.2, -0.15) is 8.42 Å². The minimum absolute atomic E-state index is 0.0216. The molecule has 6 heteroatoms. The number of halogens is 2. The van der Waals surface area contributed by atoms with Gasteiger partial charge in [-0.3, -0.25) is 4.18 Å². The van der Waals surface area contributed by atoms with Gasteiger partial charge in [-0.1, -0.05) is 59.6 Å². The third-order valence-corrected chi connectivity index (χ3v) is 4.53. The Balaban J connectivity index is 2.29. The molecule has 0 N–H and O–H groups in total. The van der Waals surface area contributed by atoms with Crippen molar-refractivity contribution in [3.63, 3.8) is 0 Å². The molecule has 0 amide bonds. The van der Waals surface area contributed by atoms with Crippen molar-refractivity contribution in [2.24, 2.45) is 0 Å². The summed E-state index contributed by atoms with van der Waals surface area (Å²) < 4.78 is 27.6. The predicted octanol–water partition coefficient (Wildman–Crippen LogP) is 4.30. The minimum Gasteiger partial charge on any atom is -0.270 e. The Hall–Kier alpha value is -1.07. The van der Waals surface area contributed by atoms with Crippen LogP contribution in [0.4, 0.5) is 0 Å². The Kier molecular flexibility index (Phi) is 5.87. The van der Waals surface area contributed by atoms with Crippen LogP contribution in [0.5, 0.6) is 0 Å². The average molecular weight is 359 g/mol. The number of rotatable bonds is 6. The summed E-state index contributed by atoms with van der Waals surface area (Å²) in [6, 6.07) is 14.8. The Morgan fingerprint density at radius 2 is 1.59 bits per heavy atom. The van der Waals surface area contributed by atoms with Gasteiger partial charge in [0.15, 0.2) is 0 Å². The fourth-order valence-corrected chi connectivity index (χ4v) is 3.11. The molecule has 0 saturated heterocycles. The molecule has 0 aromatic heterocycles. The molecule has 2 rings (SSSR count). The molecule has 2 aromatic rings. The summed E-state index contributed by atoms with van der Waals surface area (Å²) in [5.41, 5.74) is 1.76. The topological polar surface area (TPSA) is 43.4 Å². The molecule has 3 nitrogen and oxygen atoms in total. The van der Waals surface area contributed by atoms with Gasteiger partial charge in [0.05, 0.1) is 12.9 Å². The first-order valence-corrected chi connectivity index (χ1v) is 9.26. The van der Waals surface area contributed by atoms with E-state index in [1.54, 1.807) is 12.1 Å². The van der Waals surface area contributed by atoms with E-state index >= 15 is 0 Å². The first-order chi connectivity index (χ1) is 10.4. The van der Waals surface area contributed by atoms with Crippen molar-refractivity contribution >= 4 is 33.3 Å². The van der Waals surface area contributed by atoms with Crippen LogP contribution < -0.4 is 0 Å². The SMILES string of the molecule is CS(=O)(=O)OCC(Cc1ccccc1Cl)c1ccccc1Cl. The van der Waals surface area contributed by atoms with E-state index in [0.29, 0.717) is 16.5 Å². The molecule has 0 radical (unpaired) electrons. The fourth-order valence-electron chi connectivity index (χ4n) is 2.20. The van der Waals surface area contributed by atoms with Gasteiger partial charge in [0.2, 0.25) is 0 Å². The number of benzene rings is 2. The molecular formula is C16H16Cl2O3S. The molecule has 0 spiro atoms. The molecule has 2 aromatic carbocycles. The second-order valence-electron chi connectivity index (χ2n) is 5.00. The van der Waals surface area contributed by atoms with Gasteiger partial charge in [0.25, 0.3) is 10.1 Å². The van der Waals surface area contributed by atoms with Crippen LogP contribution in [0, 0.1) is 0 Å². The first-order valence-electron chi connectivity index (χ1n) is 6.69. The van der Waals surface area contributed by atoms with Crippen LogP contribution in [0.2, 0.25) is 10.0 Å². The summed E-state index contributed by atoms with van der Waals surface area (Å²) in [5, 5.41) is 1.22. The van der Waals surface area contributed by atoms with Gasteiger partial charge in [-0.05, 0) is 29.7 Å². The Bertz CT molecular complexity index is 745. The van der Waals surface area contributed by atoms with Crippen LogP contribution in [0.15, 0.2) is 48.5 Å². The van der Waals surface area contributed by atoms with Gasteiger partial charge < -0.3 is 0 Å². The monoisotopic (exact) mass is 358 g/mol. The zero-order chi connectivity index (χ0) is 16.2. The lowest BCUT2D eigenvalue weighted by molar-refractivity contribution is 0.293. The largest absolute Gasteiger partial charge is 0.270 e. The maximum Gasteiger partial charge on any atom is 0.264 e. The van der Waals surface area contributed by atoms with Crippen molar-refractivity contribution in [2.75, 3.05) is 12.9 Å². The standard InChI is InChI=1S/C16H16Cl2O3S/c1-22(19,20)21-11-13(14-7-3-5-9-16(14)18)10-12-6-2-4-8-15(12)17/h2-9,13H,10-11H2,1H3. The molecule has 0 bridgehead atoms. The summed E-state index contributed by atoms with van der Waals surface area (Å²) in [6.45, 7) is 0.0216. The van der Waals surface area contributed by atoms with Gasteiger partial charge >= 0.3 is 0 Å². The number of hydrogen-bond donors (Lipinski definition) is 0. The van der Waals surface area contributed by atoms with E-state index in [1.165, 1.54) is 0 Å². The highest BCUT2D eigenvalue weighted by Crippen LogP contribution is 2.30. The zero-order valence-electron chi connectivity index (χ0n) is 12.0. The van der Waals surface area contributed by atoms with Gasteiger partial charge in [-0.15, -0.1) is 0 Å². The summed E-state index contributed by atoms with van der Waals surface area (Å²) in [7, 11) is -3.52. The second kappa shape index (κ2) is 7.47. The van der Waals surface area contributed by atoms with E-state index in [-0.39, 0.29) is 12.5 Å². The molecule has 1 unspecified atom stereocenters. The molecule has 22 heavy (non-hydrogen) atoms. The lowest BCUT2D eigenvalue weighted by Crippen LogP contribution is -2.15. The van der Waals surface area contributed by atoms with Crippen LogP contribution in [-0.4, -0.2) is 21.3 Å². The van der Waals surface area contributed by atoms with E-state index in [4.69, 9.17) is 27.4 Å². The zero-order valence-corrected chi connectivity index (χ0v) is 14.3. The Morgan fingerprint density at radius 3 is 2.18 bits per heavy atom.